The fraction of sp³-hybridized carbons (Fsp3) is 0.955. The van der Waals surface area contributed by atoms with Crippen molar-refractivity contribution in [3.05, 3.63) is 0 Å². The Balaban J connectivity index is 2.05. The normalized spacial score (nSPS) is 24.3. The van der Waals surface area contributed by atoms with Crippen LogP contribution in [0.25, 0.3) is 0 Å². The second kappa shape index (κ2) is 11.9. The number of unbranched alkanes of at least 4 members (excludes halogenated alkanes) is 8. The van der Waals surface area contributed by atoms with E-state index in [9.17, 15) is 4.79 Å². The number of esters is 1. The second-order valence-corrected chi connectivity index (χ2v) is 8.60. The molecule has 0 saturated heterocycles. The lowest BCUT2D eigenvalue weighted by Gasteiger charge is -2.40. The van der Waals surface area contributed by atoms with Crippen LogP contribution in [0.15, 0.2) is 0 Å². The Kier molecular flexibility index (Phi) is 10.7. The van der Waals surface area contributed by atoms with Crippen LogP contribution in [0.2, 0.25) is 0 Å². The van der Waals surface area contributed by atoms with E-state index in [2.05, 4.69) is 27.7 Å². The van der Waals surface area contributed by atoms with E-state index in [1.807, 2.05) is 0 Å². The highest BCUT2D eigenvalue weighted by molar-refractivity contribution is 5.69. The molecular weight excluding hydrogens is 296 g/mol. The number of hydrogen-bond acceptors (Lipinski definition) is 2. The van der Waals surface area contributed by atoms with Crippen molar-refractivity contribution in [3.63, 3.8) is 0 Å². The van der Waals surface area contributed by atoms with Crippen LogP contribution in [-0.4, -0.2) is 12.1 Å². The van der Waals surface area contributed by atoms with Gasteiger partial charge in [-0.05, 0) is 43.4 Å². The first-order valence-electron chi connectivity index (χ1n) is 10.7. The Morgan fingerprint density at radius 3 is 2.21 bits per heavy atom. The number of rotatable bonds is 12. The highest BCUT2D eigenvalue weighted by Crippen LogP contribution is 2.42. The lowest BCUT2D eigenvalue weighted by Crippen LogP contribution is -2.35. The van der Waals surface area contributed by atoms with Gasteiger partial charge in [-0.1, -0.05) is 79.1 Å². The lowest BCUT2D eigenvalue weighted by atomic mass is 9.67. The molecule has 1 aliphatic rings. The lowest BCUT2D eigenvalue weighted by molar-refractivity contribution is -0.153. The molecule has 0 N–H and O–H groups in total. The smallest absolute Gasteiger partial charge is 0.306 e. The van der Waals surface area contributed by atoms with E-state index < -0.39 is 0 Å². The summed E-state index contributed by atoms with van der Waals surface area (Å²) in [5.41, 5.74) is 0.348. The van der Waals surface area contributed by atoms with Crippen LogP contribution in [0, 0.1) is 11.3 Å². The van der Waals surface area contributed by atoms with Crippen LogP contribution in [-0.2, 0) is 9.53 Å². The third-order valence-corrected chi connectivity index (χ3v) is 6.14. The molecule has 24 heavy (non-hydrogen) atoms. The van der Waals surface area contributed by atoms with Gasteiger partial charge in [0.1, 0.15) is 6.10 Å². The summed E-state index contributed by atoms with van der Waals surface area (Å²) in [7, 11) is 0. The molecule has 2 heteroatoms. The van der Waals surface area contributed by atoms with Crippen LogP contribution in [0.5, 0.6) is 0 Å². The SMILES string of the molecule is CCCCCCCCCCCC(=O)OC1CCCC(C)(C(C)C)C1. The molecule has 142 valence electrons. The summed E-state index contributed by atoms with van der Waals surface area (Å²) in [4.78, 5) is 12.1. The van der Waals surface area contributed by atoms with Crippen molar-refractivity contribution in [1.82, 2.24) is 0 Å². The van der Waals surface area contributed by atoms with Gasteiger partial charge in [-0.25, -0.2) is 0 Å². The maximum atomic E-state index is 12.1. The maximum absolute atomic E-state index is 12.1. The number of carbonyl (C=O) groups is 1. The minimum absolute atomic E-state index is 0.0379. The van der Waals surface area contributed by atoms with Crippen LogP contribution in [0.1, 0.15) is 118 Å². The van der Waals surface area contributed by atoms with Gasteiger partial charge in [0.05, 0.1) is 0 Å². The van der Waals surface area contributed by atoms with E-state index in [0.717, 1.165) is 19.3 Å². The fourth-order valence-corrected chi connectivity index (χ4v) is 3.91. The Morgan fingerprint density at radius 2 is 1.62 bits per heavy atom. The predicted molar refractivity (Wildman–Crippen MR) is 103 cm³/mol. The molecule has 0 bridgehead atoms. The molecule has 2 nitrogen and oxygen atoms in total. The van der Waals surface area contributed by atoms with Crippen molar-refractivity contribution in [2.24, 2.45) is 11.3 Å². The number of hydrogen-bond donors (Lipinski definition) is 0. The summed E-state index contributed by atoms with van der Waals surface area (Å²) in [5, 5.41) is 0. The maximum Gasteiger partial charge on any atom is 0.306 e. The Hall–Kier alpha value is -0.530. The fourth-order valence-electron chi connectivity index (χ4n) is 3.91. The zero-order chi connectivity index (χ0) is 17.8. The summed E-state index contributed by atoms with van der Waals surface area (Å²) < 4.78 is 5.77. The number of carbonyl (C=O) groups excluding carboxylic acids is 1. The monoisotopic (exact) mass is 338 g/mol. The predicted octanol–water partition coefficient (Wildman–Crippen LogP) is 7.06. The molecule has 0 aliphatic heterocycles. The molecule has 2 unspecified atom stereocenters. The van der Waals surface area contributed by atoms with Crippen molar-refractivity contribution >= 4 is 5.97 Å². The second-order valence-electron chi connectivity index (χ2n) is 8.60. The van der Waals surface area contributed by atoms with Crippen LogP contribution >= 0.6 is 0 Å². The van der Waals surface area contributed by atoms with Crippen LogP contribution in [0.3, 0.4) is 0 Å². The zero-order valence-corrected chi connectivity index (χ0v) is 16.9. The average Bonchev–Trinajstić information content (AvgIpc) is 2.53. The highest BCUT2D eigenvalue weighted by Gasteiger charge is 2.36. The summed E-state index contributed by atoms with van der Waals surface area (Å²) in [6, 6.07) is 0. The van der Waals surface area contributed by atoms with E-state index in [-0.39, 0.29) is 12.1 Å². The van der Waals surface area contributed by atoms with Gasteiger partial charge in [0.15, 0.2) is 0 Å². The Labute approximate surface area is 151 Å². The van der Waals surface area contributed by atoms with Gasteiger partial charge in [-0.15, -0.1) is 0 Å². The summed E-state index contributed by atoms with van der Waals surface area (Å²) in [5.74, 6) is 0.701. The summed E-state index contributed by atoms with van der Waals surface area (Å²) in [6.07, 6.45) is 17.0. The number of ether oxygens (including phenoxy) is 1. The first-order valence-corrected chi connectivity index (χ1v) is 10.7. The molecule has 1 saturated carbocycles. The van der Waals surface area contributed by atoms with Gasteiger partial charge >= 0.3 is 5.97 Å². The zero-order valence-electron chi connectivity index (χ0n) is 16.9. The van der Waals surface area contributed by atoms with Crippen LogP contribution < -0.4 is 0 Å². The van der Waals surface area contributed by atoms with Gasteiger partial charge in [0, 0.05) is 6.42 Å². The molecule has 1 rings (SSSR count). The first-order chi connectivity index (χ1) is 11.5. The van der Waals surface area contributed by atoms with Crippen molar-refractivity contribution < 1.29 is 9.53 Å². The molecule has 0 aromatic rings. The molecule has 1 aliphatic carbocycles. The van der Waals surface area contributed by atoms with Crippen molar-refractivity contribution in [2.75, 3.05) is 0 Å². The van der Waals surface area contributed by atoms with Crippen LogP contribution in [0.4, 0.5) is 0 Å². The minimum Gasteiger partial charge on any atom is -0.462 e. The van der Waals surface area contributed by atoms with Gasteiger partial charge in [-0.3, -0.25) is 4.79 Å². The highest BCUT2D eigenvalue weighted by atomic mass is 16.5. The quantitative estimate of drug-likeness (QED) is 0.281. The summed E-state index contributed by atoms with van der Waals surface area (Å²) >= 11 is 0. The molecule has 1 fully saturated rings. The molecule has 0 heterocycles. The van der Waals surface area contributed by atoms with Crippen molar-refractivity contribution in [3.8, 4) is 0 Å². The first kappa shape index (κ1) is 21.5. The molecule has 0 aromatic heterocycles. The van der Waals surface area contributed by atoms with Crippen molar-refractivity contribution in [1.29, 1.82) is 0 Å². The molecular formula is C22H42O2. The average molecular weight is 339 g/mol. The van der Waals surface area contributed by atoms with E-state index in [0.29, 0.717) is 17.8 Å². The molecule has 0 spiro atoms. The third-order valence-electron chi connectivity index (χ3n) is 6.14. The topological polar surface area (TPSA) is 26.3 Å². The summed E-state index contributed by atoms with van der Waals surface area (Å²) in [6.45, 7) is 9.22. The standard InChI is InChI=1S/C22H42O2/c1-5-6-7-8-9-10-11-12-13-16-21(23)24-20-15-14-17-22(4,18-20)19(2)3/h19-20H,5-18H2,1-4H3. The van der Waals surface area contributed by atoms with E-state index >= 15 is 0 Å². The van der Waals surface area contributed by atoms with E-state index in [1.54, 1.807) is 0 Å². The van der Waals surface area contributed by atoms with Gasteiger partial charge in [0.2, 0.25) is 0 Å². The largest absolute Gasteiger partial charge is 0.462 e. The third kappa shape index (κ3) is 8.53. The Bertz CT molecular complexity index is 337. The minimum atomic E-state index is 0.0379. The van der Waals surface area contributed by atoms with Gasteiger partial charge < -0.3 is 4.74 Å². The molecule has 2 atom stereocenters. The molecule has 0 amide bonds. The van der Waals surface area contributed by atoms with E-state index in [4.69, 9.17) is 4.74 Å². The molecule has 0 aromatic carbocycles. The van der Waals surface area contributed by atoms with Gasteiger partial charge in [0.25, 0.3) is 0 Å². The van der Waals surface area contributed by atoms with Gasteiger partial charge in [-0.2, -0.15) is 0 Å². The van der Waals surface area contributed by atoms with Crippen molar-refractivity contribution in [2.45, 2.75) is 124 Å². The Morgan fingerprint density at radius 1 is 1.04 bits per heavy atom. The molecule has 0 radical (unpaired) electrons. The van der Waals surface area contributed by atoms with E-state index in [1.165, 1.54) is 64.2 Å².